The van der Waals surface area contributed by atoms with Crippen molar-refractivity contribution in [2.24, 2.45) is 33.2 Å². The molecule has 4 amide bonds. The number of carbonyl (C=O) groups is 3. The fourth-order valence-corrected chi connectivity index (χ4v) is 2.85. The van der Waals surface area contributed by atoms with E-state index in [4.69, 9.17) is 22.6 Å². The Morgan fingerprint density at radius 1 is 1.11 bits per heavy atom. The number of amides is 4. The zero-order valence-corrected chi connectivity index (χ0v) is 19.9. The van der Waals surface area contributed by atoms with Gasteiger partial charge in [-0.15, -0.1) is 0 Å². The third kappa shape index (κ3) is 10.9. The molecule has 36 heavy (non-hydrogen) atoms. The number of carbonyl (C=O) groups excluding carboxylic acids is 3. The highest BCUT2D eigenvalue weighted by atomic mass is 16.7. The minimum absolute atomic E-state index is 0.108. The largest absolute Gasteiger partial charge is 0.384 e. The minimum Gasteiger partial charge on any atom is -0.384 e. The average Bonchev–Trinajstić information content (AvgIpc) is 2.78. The standard InChI is InChI=1S/C20H31N11O5/c1-11(2)15(28-17(32)13-7-5-12(6-8-13)16(21)22)18(33)27-14(10-26-29-20(24)34)4-3-9-25-19(23)30-31(35)36/h5-8,10-11,14-15H,3-4,9H2,1-2H3,(H3,21,22)(H,27,33)(H,28,32)(H3,23,25,30)(H3,24,29,34)/b26-10+. The third-order valence-corrected chi connectivity index (χ3v) is 4.61. The molecule has 1 aromatic rings. The lowest BCUT2D eigenvalue weighted by Crippen LogP contribution is -2.52. The van der Waals surface area contributed by atoms with Gasteiger partial charge in [0.2, 0.25) is 5.91 Å². The van der Waals surface area contributed by atoms with E-state index in [1.807, 2.05) is 5.43 Å². The molecular weight excluding hydrogens is 474 g/mol. The molecule has 0 saturated heterocycles. The van der Waals surface area contributed by atoms with Crippen molar-refractivity contribution in [2.45, 2.75) is 38.8 Å². The summed E-state index contributed by atoms with van der Waals surface area (Å²) in [5.41, 5.74) is 20.2. The van der Waals surface area contributed by atoms with E-state index in [-0.39, 0.29) is 36.2 Å². The zero-order valence-electron chi connectivity index (χ0n) is 19.9. The summed E-state index contributed by atoms with van der Waals surface area (Å²) in [5.74, 6) is -1.80. The number of hydrazine groups is 1. The van der Waals surface area contributed by atoms with Crippen LogP contribution >= 0.6 is 0 Å². The predicted octanol–water partition coefficient (Wildman–Crippen LogP) is -1.26. The van der Waals surface area contributed by atoms with Gasteiger partial charge in [-0.3, -0.25) is 15.0 Å². The van der Waals surface area contributed by atoms with Gasteiger partial charge in [0, 0.05) is 23.9 Å². The molecule has 16 heteroatoms. The van der Waals surface area contributed by atoms with Crippen LogP contribution in [-0.4, -0.2) is 59.5 Å². The Morgan fingerprint density at radius 2 is 1.72 bits per heavy atom. The van der Waals surface area contributed by atoms with Crippen molar-refractivity contribution in [3.63, 3.8) is 0 Å². The van der Waals surface area contributed by atoms with Gasteiger partial charge in [0.15, 0.2) is 5.03 Å². The summed E-state index contributed by atoms with van der Waals surface area (Å²) >= 11 is 0. The van der Waals surface area contributed by atoms with Crippen LogP contribution in [-0.2, 0) is 4.79 Å². The first kappa shape index (κ1) is 29.3. The molecule has 1 aromatic carbocycles. The van der Waals surface area contributed by atoms with Crippen molar-refractivity contribution in [1.82, 2.24) is 21.5 Å². The van der Waals surface area contributed by atoms with Crippen LogP contribution in [0.15, 0.2) is 34.4 Å². The predicted molar refractivity (Wildman–Crippen MR) is 133 cm³/mol. The Hall–Kier alpha value is -4.76. The number of urea groups is 1. The average molecular weight is 506 g/mol. The molecule has 0 fully saturated rings. The first-order valence-corrected chi connectivity index (χ1v) is 10.8. The van der Waals surface area contributed by atoms with Crippen molar-refractivity contribution in [1.29, 1.82) is 5.41 Å². The molecule has 0 saturated carbocycles. The number of aliphatic imine (C=N–C) groups is 1. The smallest absolute Gasteiger partial charge is 0.332 e. The van der Waals surface area contributed by atoms with E-state index < -0.39 is 35.0 Å². The fraction of sp³-hybridized carbons (Fsp3) is 0.400. The van der Waals surface area contributed by atoms with E-state index in [0.717, 1.165) is 0 Å². The molecule has 0 aliphatic rings. The number of benzene rings is 1. The van der Waals surface area contributed by atoms with Crippen LogP contribution in [0.25, 0.3) is 0 Å². The van der Waals surface area contributed by atoms with E-state index in [1.165, 1.54) is 30.5 Å². The van der Waals surface area contributed by atoms with Gasteiger partial charge in [0.25, 0.3) is 11.9 Å². The summed E-state index contributed by atoms with van der Waals surface area (Å²) < 4.78 is 0. The number of nitrogen functional groups attached to an aromatic ring is 1. The maximum absolute atomic E-state index is 13.0. The Kier molecular flexibility index (Phi) is 11.8. The van der Waals surface area contributed by atoms with Crippen molar-refractivity contribution in [3.05, 3.63) is 45.5 Å². The van der Waals surface area contributed by atoms with E-state index in [9.17, 15) is 24.5 Å². The Morgan fingerprint density at radius 3 is 2.25 bits per heavy atom. The molecule has 2 atom stereocenters. The molecule has 196 valence electrons. The highest BCUT2D eigenvalue weighted by molar-refractivity contribution is 6.00. The van der Waals surface area contributed by atoms with Gasteiger partial charge in [-0.25, -0.2) is 25.3 Å². The van der Waals surface area contributed by atoms with Crippen LogP contribution in [0, 0.1) is 21.4 Å². The highest BCUT2D eigenvalue weighted by Gasteiger charge is 2.26. The number of guanidine groups is 1. The number of hydrogen-bond donors (Lipinski definition) is 8. The zero-order chi connectivity index (χ0) is 27.3. The van der Waals surface area contributed by atoms with Crippen LogP contribution in [0.3, 0.4) is 0 Å². The van der Waals surface area contributed by atoms with Crippen molar-refractivity contribution in [3.8, 4) is 0 Å². The van der Waals surface area contributed by atoms with Crippen molar-refractivity contribution in [2.75, 3.05) is 6.54 Å². The number of nitrogens with one attached hydrogen (secondary N) is 5. The maximum Gasteiger partial charge on any atom is 0.332 e. The number of nitro groups is 1. The Labute approximate surface area is 206 Å². The summed E-state index contributed by atoms with van der Waals surface area (Å²) in [4.78, 5) is 50.7. The molecule has 0 radical (unpaired) electrons. The molecule has 1 rings (SSSR count). The van der Waals surface area contributed by atoms with Gasteiger partial charge in [-0.05, 0) is 30.9 Å². The van der Waals surface area contributed by atoms with E-state index >= 15 is 0 Å². The number of nitrogens with zero attached hydrogens (tertiary/aromatic N) is 3. The summed E-state index contributed by atoms with van der Waals surface area (Å²) in [6, 6.07) is 3.52. The van der Waals surface area contributed by atoms with Gasteiger partial charge in [-0.2, -0.15) is 5.10 Å². The number of primary amides is 1. The Balaban J connectivity index is 2.87. The van der Waals surface area contributed by atoms with Crippen LogP contribution in [0.1, 0.15) is 42.6 Å². The first-order valence-electron chi connectivity index (χ1n) is 10.8. The highest BCUT2D eigenvalue weighted by Crippen LogP contribution is 2.08. The monoisotopic (exact) mass is 505 g/mol. The minimum atomic E-state index is -0.914. The number of hydrazone groups is 1. The van der Waals surface area contributed by atoms with Gasteiger partial charge in [0.05, 0.1) is 6.04 Å². The molecule has 0 spiro atoms. The lowest BCUT2D eigenvalue weighted by molar-refractivity contribution is -0.525. The summed E-state index contributed by atoms with van der Waals surface area (Å²) in [7, 11) is 0. The van der Waals surface area contributed by atoms with Crippen LogP contribution < -0.4 is 38.7 Å². The lowest BCUT2D eigenvalue weighted by atomic mass is 10.0. The lowest BCUT2D eigenvalue weighted by Gasteiger charge is -2.24. The van der Waals surface area contributed by atoms with Gasteiger partial charge in [0.1, 0.15) is 11.9 Å². The second-order valence-corrected chi connectivity index (χ2v) is 7.83. The summed E-state index contributed by atoms with van der Waals surface area (Å²) in [6.07, 6.45) is 1.87. The van der Waals surface area contributed by atoms with Gasteiger partial charge >= 0.3 is 6.03 Å². The van der Waals surface area contributed by atoms with E-state index in [1.54, 1.807) is 19.3 Å². The molecule has 0 aliphatic heterocycles. The van der Waals surface area contributed by atoms with Gasteiger partial charge < -0.3 is 27.8 Å². The molecule has 11 N–H and O–H groups in total. The van der Waals surface area contributed by atoms with Gasteiger partial charge in [-0.1, -0.05) is 31.4 Å². The molecule has 2 unspecified atom stereocenters. The van der Waals surface area contributed by atoms with Crippen LogP contribution in [0.2, 0.25) is 0 Å². The quantitative estimate of drug-likeness (QED) is 0.0525. The molecule has 0 aliphatic carbocycles. The third-order valence-electron chi connectivity index (χ3n) is 4.61. The molecule has 0 aromatic heterocycles. The van der Waals surface area contributed by atoms with Crippen LogP contribution in [0.4, 0.5) is 4.79 Å². The second kappa shape index (κ2) is 14.5. The molecule has 0 heterocycles. The van der Waals surface area contributed by atoms with E-state index in [2.05, 4.69) is 20.7 Å². The number of rotatable bonds is 13. The molecule has 16 nitrogen and oxygen atoms in total. The SMILES string of the molecule is CC(C)C(NC(=O)c1ccc(C(=N)N)cc1)C(=O)NC(/C=N/NC(N)=O)CCCN=C(N)N[N+](=O)[O-]. The number of hydrogen-bond acceptors (Lipinski definition) is 8. The topological polar surface area (TPSA) is 269 Å². The maximum atomic E-state index is 13.0. The number of amidine groups is 1. The Bertz CT molecular complexity index is 1010. The first-order chi connectivity index (χ1) is 16.9. The molecular formula is C20H31N11O5. The molecule has 0 bridgehead atoms. The number of nitrogens with two attached hydrogens (primary N) is 3. The van der Waals surface area contributed by atoms with Crippen molar-refractivity contribution < 1.29 is 19.4 Å². The van der Waals surface area contributed by atoms with Crippen LogP contribution in [0.5, 0.6) is 0 Å². The fourth-order valence-electron chi connectivity index (χ4n) is 2.85. The summed E-state index contributed by atoms with van der Waals surface area (Å²) in [5, 5.41) is 26.0. The van der Waals surface area contributed by atoms with Crippen molar-refractivity contribution >= 4 is 35.9 Å². The second-order valence-electron chi connectivity index (χ2n) is 7.83. The van der Waals surface area contributed by atoms with E-state index in [0.29, 0.717) is 12.0 Å². The normalized spacial score (nSPS) is 13.0. The summed E-state index contributed by atoms with van der Waals surface area (Å²) in [6.45, 7) is 3.61.